The van der Waals surface area contributed by atoms with E-state index in [-0.39, 0.29) is 6.04 Å². The van der Waals surface area contributed by atoms with Gasteiger partial charge in [0.25, 0.3) is 10.2 Å². The summed E-state index contributed by atoms with van der Waals surface area (Å²) in [5, 5.41) is 0. The van der Waals surface area contributed by atoms with E-state index in [2.05, 4.69) is 45.8 Å². The van der Waals surface area contributed by atoms with Crippen molar-refractivity contribution in [2.75, 3.05) is 46.8 Å². The van der Waals surface area contributed by atoms with Crippen molar-refractivity contribution in [1.29, 1.82) is 0 Å². The van der Waals surface area contributed by atoms with Crippen LogP contribution in [-0.4, -0.2) is 75.4 Å². The smallest absolute Gasteiger partial charge is 0.279 e. The van der Waals surface area contributed by atoms with Crippen molar-refractivity contribution in [2.24, 2.45) is 0 Å². The van der Waals surface area contributed by atoms with Crippen LogP contribution < -0.4 is 4.72 Å². The number of hydrogen-bond donors (Lipinski definition) is 1. The Bertz CT molecular complexity index is 621. The summed E-state index contributed by atoms with van der Waals surface area (Å²) in [6.07, 6.45) is 0.804. The molecular weight excluding hydrogens is 336 g/mol. The van der Waals surface area contributed by atoms with Gasteiger partial charge in [-0.25, -0.2) is 4.72 Å². The summed E-state index contributed by atoms with van der Waals surface area (Å²) in [4.78, 5) is 4.82. The minimum atomic E-state index is -3.38. The summed E-state index contributed by atoms with van der Waals surface area (Å²) in [5.41, 5.74) is 1.33. The van der Waals surface area contributed by atoms with Crippen molar-refractivity contribution in [2.45, 2.75) is 32.4 Å². The van der Waals surface area contributed by atoms with Crippen LogP contribution in [0, 0.1) is 0 Å². The Morgan fingerprint density at radius 2 is 1.92 bits per heavy atom. The molecule has 1 fully saturated rings. The van der Waals surface area contributed by atoms with Gasteiger partial charge in [-0.15, -0.1) is 0 Å². The first-order chi connectivity index (χ1) is 11.8. The number of nitrogens with zero attached hydrogens (tertiary/aromatic N) is 3. The molecule has 1 N–H and O–H groups in total. The molecule has 1 aliphatic rings. The van der Waals surface area contributed by atoms with Crippen LogP contribution in [0.5, 0.6) is 0 Å². The molecule has 0 saturated carbocycles. The van der Waals surface area contributed by atoms with E-state index >= 15 is 0 Å². The normalized spacial score (nSPS) is 20.5. The van der Waals surface area contributed by atoms with E-state index in [1.807, 2.05) is 19.9 Å². The number of rotatable bonds is 8. The summed E-state index contributed by atoms with van der Waals surface area (Å²) in [5.74, 6) is 0. The first-order valence-corrected chi connectivity index (χ1v) is 10.5. The Kier molecular flexibility index (Phi) is 7.39. The first kappa shape index (κ1) is 20.3. The van der Waals surface area contributed by atoms with Crippen LogP contribution in [0.3, 0.4) is 0 Å². The lowest BCUT2D eigenvalue weighted by atomic mass is 10.0. The minimum Gasteiger partial charge on any atom is -0.303 e. The highest BCUT2D eigenvalue weighted by Crippen LogP contribution is 2.24. The highest BCUT2D eigenvalue weighted by Gasteiger charge is 2.26. The second-order valence-electron chi connectivity index (χ2n) is 7.09. The molecule has 0 amide bonds. The maximum Gasteiger partial charge on any atom is 0.279 e. The molecule has 0 bridgehead atoms. The highest BCUT2D eigenvalue weighted by molar-refractivity contribution is 7.87. The third-order valence-corrected chi connectivity index (χ3v) is 6.64. The van der Waals surface area contributed by atoms with Gasteiger partial charge in [0.05, 0.1) is 0 Å². The Morgan fingerprint density at radius 3 is 2.56 bits per heavy atom. The van der Waals surface area contributed by atoms with Crippen molar-refractivity contribution >= 4 is 10.2 Å². The Labute approximate surface area is 153 Å². The Hall–Kier alpha value is -0.990. The third-order valence-electron chi connectivity index (χ3n) is 4.89. The molecule has 0 aromatic heterocycles. The number of nitrogens with one attached hydrogen (secondary N) is 1. The fraction of sp³-hybridized carbons (Fsp3) is 0.667. The predicted octanol–water partition coefficient (Wildman–Crippen LogP) is 1.54. The van der Waals surface area contributed by atoms with Crippen LogP contribution in [-0.2, 0) is 10.2 Å². The molecule has 1 unspecified atom stereocenters. The lowest BCUT2D eigenvalue weighted by Crippen LogP contribution is -2.47. The molecule has 7 heteroatoms. The molecule has 0 aliphatic carbocycles. The maximum absolute atomic E-state index is 12.1. The van der Waals surface area contributed by atoms with Crippen molar-refractivity contribution in [3.8, 4) is 0 Å². The van der Waals surface area contributed by atoms with E-state index in [1.165, 1.54) is 9.87 Å². The summed E-state index contributed by atoms with van der Waals surface area (Å²) in [6.45, 7) is 8.15. The fourth-order valence-corrected chi connectivity index (χ4v) is 4.24. The molecule has 0 radical (unpaired) electrons. The van der Waals surface area contributed by atoms with E-state index in [4.69, 9.17) is 0 Å². The number of piperazine rings is 1. The zero-order chi connectivity index (χ0) is 18.4. The molecule has 2 rings (SSSR count). The van der Waals surface area contributed by atoms with Gasteiger partial charge in [0.15, 0.2) is 0 Å². The van der Waals surface area contributed by atoms with Crippen LogP contribution in [0.4, 0.5) is 0 Å². The minimum absolute atomic E-state index is 0.0439. The van der Waals surface area contributed by atoms with E-state index in [1.54, 1.807) is 7.05 Å². The van der Waals surface area contributed by atoms with Crippen molar-refractivity contribution in [1.82, 2.24) is 18.8 Å². The summed E-state index contributed by atoms with van der Waals surface area (Å²) in [7, 11) is 0.386. The van der Waals surface area contributed by atoms with Gasteiger partial charge in [-0.05, 0) is 32.9 Å². The van der Waals surface area contributed by atoms with Crippen molar-refractivity contribution in [3.63, 3.8) is 0 Å². The number of likely N-dealkylation sites (N-methyl/N-ethyl adjacent to an activating group) is 1. The number of benzene rings is 1. The van der Waals surface area contributed by atoms with Gasteiger partial charge in [0, 0.05) is 51.9 Å². The van der Waals surface area contributed by atoms with Gasteiger partial charge >= 0.3 is 0 Å². The van der Waals surface area contributed by atoms with E-state index in [9.17, 15) is 8.42 Å². The molecule has 1 aliphatic heterocycles. The summed E-state index contributed by atoms with van der Waals surface area (Å²) >= 11 is 0. The van der Waals surface area contributed by atoms with E-state index in [0.717, 1.165) is 32.6 Å². The van der Waals surface area contributed by atoms with Crippen LogP contribution in [0.2, 0.25) is 0 Å². The lowest BCUT2D eigenvalue weighted by Gasteiger charge is -2.40. The molecule has 25 heavy (non-hydrogen) atoms. The molecular formula is C18H32N4O2S. The second-order valence-corrected chi connectivity index (χ2v) is 8.90. The molecule has 6 nitrogen and oxygen atoms in total. The highest BCUT2D eigenvalue weighted by atomic mass is 32.2. The van der Waals surface area contributed by atoms with Crippen molar-refractivity contribution < 1.29 is 8.42 Å². The zero-order valence-electron chi connectivity index (χ0n) is 15.9. The molecule has 1 heterocycles. The van der Waals surface area contributed by atoms with Gasteiger partial charge in [-0.3, -0.25) is 4.90 Å². The Morgan fingerprint density at radius 1 is 1.24 bits per heavy atom. The molecule has 1 atom stereocenters. The summed E-state index contributed by atoms with van der Waals surface area (Å²) in [6, 6.07) is 10.9. The molecule has 1 aromatic carbocycles. The average Bonchev–Trinajstić information content (AvgIpc) is 2.59. The Balaban J connectivity index is 1.88. The maximum atomic E-state index is 12.1. The zero-order valence-corrected chi connectivity index (χ0v) is 16.7. The molecule has 0 spiro atoms. The quantitative estimate of drug-likeness (QED) is 0.707. The van der Waals surface area contributed by atoms with Crippen LogP contribution >= 0.6 is 0 Å². The largest absolute Gasteiger partial charge is 0.303 e. The third kappa shape index (κ3) is 5.76. The standard InChI is InChI=1S/C18H32N4O2S/c1-16(2)21(4)25(23,24)19-11-8-12-22-14-13-20(3)15-18(22)17-9-6-5-7-10-17/h5-7,9-10,16,18-19H,8,11-15H2,1-4H3. The summed E-state index contributed by atoms with van der Waals surface area (Å²) < 4.78 is 28.4. The molecule has 1 saturated heterocycles. The molecule has 1 aromatic rings. The number of hydrogen-bond acceptors (Lipinski definition) is 4. The van der Waals surface area contributed by atoms with Gasteiger partial charge in [-0.2, -0.15) is 12.7 Å². The van der Waals surface area contributed by atoms with E-state index < -0.39 is 10.2 Å². The topological polar surface area (TPSA) is 55.9 Å². The monoisotopic (exact) mass is 368 g/mol. The van der Waals surface area contributed by atoms with Crippen LogP contribution in [0.1, 0.15) is 31.9 Å². The van der Waals surface area contributed by atoms with Gasteiger partial charge < -0.3 is 4.90 Å². The SMILES string of the molecule is CC(C)N(C)S(=O)(=O)NCCCN1CCN(C)CC1c1ccccc1. The lowest BCUT2D eigenvalue weighted by molar-refractivity contribution is 0.0891. The van der Waals surface area contributed by atoms with Crippen LogP contribution in [0.25, 0.3) is 0 Å². The van der Waals surface area contributed by atoms with Gasteiger partial charge in [0.2, 0.25) is 0 Å². The first-order valence-electron chi connectivity index (χ1n) is 9.01. The van der Waals surface area contributed by atoms with Gasteiger partial charge in [-0.1, -0.05) is 30.3 Å². The predicted molar refractivity (Wildman–Crippen MR) is 103 cm³/mol. The van der Waals surface area contributed by atoms with Crippen LogP contribution in [0.15, 0.2) is 30.3 Å². The molecule has 142 valence electrons. The average molecular weight is 369 g/mol. The fourth-order valence-electron chi connectivity index (χ4n) is 3.08. The van der Waals surface area contributed by atoms with Gasteiger partial charge in [0.1, 0.15) is 0 Å². The second kappa shape index (κ2) is 9.09. The van der Waals surface area contributed by atoms with E-state index in [0.29, 0.717) is 12.6 Å². The van der Waals surface area contributed by atoms with Crippen molar-refractivity contribution in [3.05, 3.63) is 35.9 Å².